The van der Waals surface area contributed by atoms with Crippen molar-refractivity contribution in [2.24, 2.45) is 23.2 Å². The van der Waals surface area contributed by atoms with Gasteiger partial charge in [0.1, 0.15) is 0 Å². The van der Waals surface area contributed by atoms with Crippen molar-refractivity contribution >= 4 is 11.8 Å². The largest absolute Gasteiger partial charge is 0.349 e. The molecule has 0 saturated heterocycles. The van der Waals surface area contributed by atoms with E-state index in [1.807, 2.05) is 20.9 Å². The maximum absolute atomic E-state index is 12.5. The van der Waals surface area contributed by atoms with E-state index in [1.54, 1.807) is 0 Å². The highest BCUT2D eigenvalue weighted by Crippen LogP contribution is 2.61. The van der Waals surface area contributed by atoms with Crippen LogP contribution >= 0.6 is 0 Å². The molecule has 0 aromatic rings. The van der Waals surface area contributed by atoms with Crippen LogP contribution in [0.25, 0.3) is 0 Å². The Morgan fingerprint density at radius 2 is 1.36 bits per heavy atom. The van der Waals surface area contributed by atoms with Crippen molar-refractivity contribution in [2.45, 2.75) is 71.4 Å². The van der Waals surface area contributed by atoms with Gasteiger partial charge in [0.2, 0.25) is 0 Å². The number of likely N-dealkylation sites (N-methyl/N-ethyl adjacent to an activating group) is 1. The topological polar surface area (TPSA) is 62.6 Å². The first kappa shape index (κ1) is 18.7. The Labute approximate surface area is 152 Å². The molecule has 25 heavy (non-hydrogen) atoms. The number of hydrogen-bond donors (Lipinski definition) is 3. The van der Waals surface area contributed by atoms with Crippen molar-refractivity contribution in [1.29, 1.82) is 0 Å². The van der Waals surface area contributed by atoms with Crippen LogP contribution in [-0.2, 0) is 9.59 Å². The molecule has 4 aliphatic rings. The molecule has 4 fully saturated rings. The maximum atomic E-state index is 12.5. The van der Waals surface area contributed by atoms with Crippen LogP contribution in [-0.4, -0.2) is 44.0 Å². The molecule has 0 aromatic carbocycles. The summed E-state index contributed by atoms with van der Waals surface area (Å²) in [5, 5.41) is 6.18. The van der Waals surface area contributed by atoms with Gasteiger partial charge in [-0.25, -0.2) is 0 Å². The van der Waals surface area contributed by atoms with Crippen LogP contribution in [0.1, 0.15) is 59.3 Å². The Hall–Kier alpha value is -1.10. The summed E-state index contributed by atoms with van der Waals surface area (Å²) in [5.74, 6) is 2.79. The molecular formula is C20H36N3O2+. The second kappa shape index (κ2) is 7.26. The van der Waals surface area contributed by atoms with Gasteiger partial charge in [-0.05, 0) is 82.5 Å². The van der Waals surface area contributed by atoms with Crippen LogP contribution < -0.4 is 15.5 Å². The van der Waals surface area contributed by atoms with Crippen molar-refractivity contribution in [3.05, 3.63) is 0 Å². The van der Waals surface area contributed by atoms with Gasteiger partial charge in [-0.3, -0.25) is 9.59 Å². The van der Waals surface area contributed by atoms with E-state index in [0.717, 1.165) is 22.7 Å². The molecule has 5 heteroatoms. The summed E-state index contributed by atoms with van der Waals surface area (Å²) in [7, 11) is 1.91. The fraction of sp³-hybridized carbons (Fsp3) is 0.900. The Kier molecular flexibility index (Phi) is 5.42. The van der Waals surface area contributed by atoms with Crippen LogP contribution in [0, 0.1) is 23.2 Å². The van der Waals surface area contributed by atoms with Crippen LogP contribution in [0.4, 0.5) is 0 Å². The molecule has 5 nitrogen and oxygen atoms in total. The summed E-state index contributed by atoms with van der Waals surface area (Å²) in [6.07, 6.45) is 8.20. The predicted molar refractivity (Wildman–Crippen MR) is 98.1 cm³/mol. The Morgan fingerprint density at radius 3 is 1.80 bits per heavy atom. The van der Waals surface area contributed by atoms with Crippen molar-refractivity contribution < 1.29 is 14.5 Å². The minimum absolute atomic E-state index is 0.00873. The lowest BCUT2D eigenvalue weighted by atomic mass is 9.48. The zero-order chi connectivity index (χ0) is 18.2. The van der Waals surface area contributed by atoms with E-state index in [1.165, 1.54) is 38.5 Å². The third kappa shape index (κ3) is 4.36. The normalized spacial score (nSPS) is 35.5. The molecule has 3 N–H and O–H groups in total. The number of nitrogens with one attached hydrogen (secondary N) is 3. The lowest BCUT2D eigenvalue weighted by Crippen LogP contribution is -3.11. The third-order valence-electron chi connectivity index (χ3n) is 6.76. The Bertz CT molecular complexity index is 482. The molecule has 0 aliphatic heterocycles. The fourth-order valence-corrected chi connectivity index (χ4v) is 6.14. The Morgan fingerprint density at radius 1 is 0.920 bits per heavy atom. The summed E-state index contributed by atoms with van der Waals surface area (Å²) < 4.78 is 0. The standard InChI is InChI=1S/C20H35N3O2/c1-13(2)21-18(24)11-23(4)12-19(25)22-14(3)20-8-15-5-16(9-20)7-17(6-15)10-20/h13-17H,5-12H2,1-4H3,(H,21,24)(H,22,25)/p+1/t14-,15?,16?,17?,20?/m1/s1. The molecule has 1 unspecified atom stereocenters. The van der Waals surface area contributed by atoms with Gasteiger partial charge in [-0.15, -0.1) is 0 Å². The first-order chi connectivity index (χ1) is 11.8. The molecule has 0 aromatic heterocycles. The monoisotopic (exact) mass is 350 g/mol. The molecule has 0 spiro atoms. The molecule has 2 amide bonds. The minimum atomic E-state index is 0.00873. The van der Waals surface area contributed by atoms with E-state index in [2.05, 4.69) is 17.6 Å². The molecule has 0 radical (unpaired) electrons. The summed E-state index contributed by atoms with van der Waals surface area (Å²) in [6, 6.07) is 0.399. The average Bonchev–Trinajstić information content (AvgIpc) is 2.43. The third-order valence-corrected chi connectivity index (χ3v) is 6.76. The van der Waals surface area contributed by atoms with Gasteiger partial charge in [0.15, 0.2) is 13.1 Å². The fourth-order valence-electron chi connectivity index (χ4n) is 6.14. The maximum Gasteiger partial charge on any atom is 0.275 e. The molecular weight excluding hydrogens is 314 g/mol. The van der Waals surface area contributed by atoms with Gasteiger partial charge in [0.25, 0.3) is 11.8 Å². The zero-order valence-electron chi connectivity index (χ0n) is 16.4. The van der Waals surface area contributed by atoms with E-state index in [9.17, 15) is 9.59 Å². The highest BCUT2D eigenvalue weighted by atomic mass is 16.2. The number of carbonyl (C=O) groups is 2. The van der Waals surface area contributed by atoms with E-state index in [4.69, 9.17) is 0 Å². The number of rotatable bonds is 7. The molecule has 4 rings (SSSR count). The highest BCUT2D eigenvalue weighted by molar-refractivity contribution is 5.79. The SMILES string of the molecule is CC(C)NC(=O)C[NH+](C)CC(=O)N[C@H](C)C12CC3CC(CC(C3)C1)C2. The van der Waals surface area contributed by atoms with Crippen molar-refractivity contribution in [2.75, 3.05) is 20.1 Å². The molecule has 142 valence electrons. The van der Waals surface area contributed by atoms with Crippen LogP contribution in [0.2, 0.25) is 0 Å². The molecule has 4 aliphatic carbocycles. The summed E-state index contributed by atoms with van der Waals surface area (Å²) in [6.45, 7) is 6.83. The molecule has 2 atom stereocenters. The number of quaternary nitrogens is 1. The van der Waals surface area contributed by atoms with Gasteiger partial charge in [-0.2, -0.15) is 0 Å². The van der Waals surface area contributed by atoms with E-state index in [-0.39, 0.29) is 23.9 Å². The summed E-state index contributed by atoms with van der Waals surface area (Å²) in [5.41, 5.74) is 0.341. The highest BCUT2D eigenvalue weighted by Gasteiger charge is 2.53. The molecule has 0 heterocycles. The summed E-state index contributed by atoms with van der Waals surface area (Å²) >= 11 is 0. The van der Waals surface area contributed by atoms with Gasteiger partial charge in [-0.1, -0.05) is 0 Å². The minimum Gasteiger partial charge on any atom is -0.349 e. The average molecular weight is 351 g/mol. The summed E-state index contributed by atoms with van der Waals surface area (Å²) in [4.78, 5) is 25.3. The number of amides is 2. The van der Waals surface area contributed by atoms with Crippen LogP contribution in [0.5, 0.6) is 0 Å². The predicted octanol–water partition coefficient (Wildman–Crippen LogP) is 0.747. The first-order valence-corrected chi connectivity index (χ1v) is 10.2. The zero-order valence-corrected chi connectivity index (χ0v) is 16.4. The number of carbonyl (C=O) groups excluding carboxylic acids is 2. The van der Waals surface area contributed by atoms with Crippen LogP contribution in [0.15, 0.2) is 0 Å². The van der Waals surface area contributed by atoms with Gasteiger partial charge >= 0.3 is 0 Å². The van der Waals surface area contributed by atoms with Crippen molar-refractivity contribution in [3.8, 4) is 0 Å². The van der Waals surface area contributed by atoms with Crippen molar-refractivity contribution in [1.82, 2.24) is 10.6 Å². The molecule has 4 bridgehead atoms. The lowest BCUT2D eigenvalue weighted by molar-refractivity contribution is -0.862. The van der Waals surface area contributed by atoms with E-state index >= 15 is 0 Å². The first-order valence-electron chi connectivity index (χ1n) is 10.2. The van der Waals surface area contributed by atoms with Gasteiger partial charge < -0.3 is 15.5 Å². The lowest BCUT2D eigenvalue weighted by Gasteiger charge is -2.59. The Balaban J connectivity index is 1.48. The smallest absolute Gasteiger partial charge is 0.275 e. The quantitative estimate of drug-likeness (QED) is 0.634. The number of hydrogen-bond acceptors (Lipinski definition) is 2. The van der Waals surface area contributed by atoms with Gasteiger partial charge in [0, 0.05) is 12.1 Å². The van der Waals surface area contributed by atoms with Gasteiger partial charge in [0.05, 0.1) is 7.05 Å². The second-order valence-corrected chi connectivity index (χ2v) is 9.60. The second-order valence-electron chi connectivity index (χ2n) is 9.60. The van der Waals surface area contributed by atoms with Crippen molar-refractivity contribution in [3.63, 3.8) is 0 Å². The van der Waals surface area contributed by atoms with E-state index in [0.29, 0.717) is 18.5 Å². The molecule has 4 saturated carbocycles. The van der Waals surface area contributed by atoms with E-state index < -0.39 is 0 Å². The van der Waals surface area contributed by atoms with Crippen LogP contribution in [0.3, 0.4) is 0 Å².